The van der Waals surface area contributed by atoms with Crippen molar-refractivity contribution >= 4 is 23.3 Å². The van der Waals surface area contributed by atoms with Crippen molar-refractivity contribution in [1.29, 1.82) is 0 Å². The first-order valence-electron chi connectivity index (χ1n) is 18.4. The normalized spacial score (nSPS) is 36.5. The van der Waals surface area contributed by atoms with Gasteiger partial charge >= 0.3 is 0 Å². The van der Waals surface area contributed by atoms with Crippen molar-refractivity contribution in [2.24, 2.45) is 57.8 Å². The van der Waals surface area contributed by atoms with Crippen LogP contribution < -0.4 is 16.8 Å². The fourth-order valence-electron chi connectivity index (χ4n) is 10.6. The Morgan fingerprint density at radius 1 is 0.783 bits per heavy atom. The van der Waals surface area contributed by atoms with E-state index in [4.69, 9.17) is 11.5 Å². The quantitative estimate of drug-likeness (QED) is 0.143. The van der Waals surface area contributed by atoms with E-state index in [0.29, 0.717) is 67.7 Å². The summed E-state index contributed by atoms with van der Waals surface area (Å²) in [7, 11) is 0. The number of carbonyl (C=O) groups is 4. The van der Waals surface area contributed by atoms with E-state index < -0.39 is 6.17 Å². The number of carbonyl (C=O) groups excluding carboxylic acids is 4. The molecule has 4 saturated carbocycles. The van der Waals surface area contributed by atoms with Gasteiger partial charge in [-0.05, 0) is 124 Å². The predicted molar refractivity (Wildman–Crippen MR) is 178 cm³/mol. The van der Waals surface area contributed by atoms with E-state index in [0.717, 1.165) is 51.4 Å². The van der Waals surface area contributed by atoms with Gasteiger partial charge in [0.25, 0.3) is 0 Å². The van der Waals surface area contributed by atoms with Gasteiger partial charge in [-0.25, -0.2) is 0 Å². The lowest BCUT2D eigenvalue weighted by atomic mass is 9.43. The Morgan fingerprint density at radius 3 is 2.07 bits per heavy atom. The topological polar surface area (TPSA) is 173 Å². The van der Waals surface area contributed by atoms with Crippen molar-refractivity contribution in [1.82, 2.24) is 5.32 Å². The first kappa shape index (κ1) is 37.1. The molecule has 0 radical (unpaired) electrons. The van der Waals surface area contributed by atoms with Crippen molar-refractivity contribution < 1.29 is 29.4 Å². The Labute approximate surface area is 276 Å². The van der Waals surface area contributed by atoms with E-state index in [1.54, 1.807) is 0 Å². The summed E-state index contributed by atoms with van der Waals surface area (Å²) in [5.41, 5.74) is 11.9. The molecule has 4 aliphatic rings. The second-order valence-corrected chi connectivity index (χ2v) is 16.2. The maximum atomic E-state index is 12.8. The van der Waals surface area contributed by atoms with Crippen molar-refractivity contribution in [3.63, 3.8) is 0 Å². The molecule has 0 bridgehead atoms. The van der Waals surface area contributed by atoms with Crippen molar-refractivity contribution in [3.8, 4) is 0 Å². The molecule has 7 N–H and O–H groups in total. The summed E-state index contributed by atoms with van der Waals surface area (Å²) in [4.78, 5) is 48.9. The molecule has 4 rings (SSSR count). The van der Waals surface area contributed by atoms with E-state index in [-0.39, 0.29) is 78.4 Å². The van der Waals surface area contributed by atoms with Crippen LogP contribution in [0.25, 0.3) is 0 Å². The van der Waals surface area contributed by atoms with Crippen LogP contribution in [0.15, 0.2) is 0 Å². The lowest BCUT2D eigenvalue weighted by Crippen LogP contribution is -2.58. The third-order valence-corrected chi connectivity index (χ3v) is 13.3. The maximum absolute atomic E-state index is 12.8. The van der Waals surface area contributed by atoms with E-state index in [1.807, 2.05) is 0 Å². The minimum absolute atomic E-state index is 0.0312. The lowest BCUT2D eigenvalue weighted by molar-refractivity contribution is -0.174. The smallest absolute Gasteiger partial charge is 0.221 e. The van der Waals surface area contributed by atoms with Crippen LogP contribution in [0.1, 0.15) is 136 Å². The molecule has 0 aliphatic heterocycles. The average molecular weight is 646 g/mol. The number of aliphatic hydroxyl groups excluding tert-OH is 2. The van der Waals surface area contributed by atoms with Crippen LogP contribution in [0.5, 0.6) is 0 Å². The molecule has 0 aromatic rings. The van der Waals surface area contributed by atoms with Crippen LogP contribution in [0.4, 0.5) is 0 Å². The molecular weight excluding hydrogens is 582 g/mol. The summed E-state index contributed by atoms with van der Waals surface area (Å²) in [5, 5.41) is 24.7. The largest absolute Gasteiger partial charge is 0.393 e. The number of Topliss-reactive ketones (excluding diaryl/α,β-unsaturated/α-hetero) is 3. The number of hydrogen-bond acceptors (Lipinski definition) is 8. The zero-order chi connectivity index (χ0) is 33.6. The Balaban J connectivity index is 1.17. The number of rotatable bonds is 17. The molecule has 9 nitrogen and oxygen atoms in total. The molecule has 46 heavy (non-hydrogen) atoms. The van der Waals surface area contributed by atoms with Gasteiger partial charge in [-0.3, -0.25) is 19.2 Å². The summed E-state index contributed by atoms with van der Waals surface area (Å²) >= 11 is 0. The number of ketones is 3. The standard InChI is InChI=1S/C37H63N3O6/c1-23(6-15-34(46)40-33(39)14-11-27(43)10-9-26(42)8-7-25(41)5-4-20-38)29-12-13-30-35-31(17-19-37(29,30)3)36(2)18-16-28(44)21-24(36)22-32(35)45/h23-24,28-33,35,44-45H,4-22,38-39H2,1-3H3,(H,40,46)/t23-,24?,28-,29-,30?,31?,32-,33?,35?,36+,37-/m1/s1. The number of amides is 1. The van der Waals surface area contributed by atoms with Crippen LogP contribution >= 0.6 is 0 Å². The van der Waals surface area contributed by atoms with Crippen LogP contribution in [-0.4, -0.2) is 58.4 Å². The monoisotopic (exact) mass is 645 g/mol. The molecule has 9 heteroatoms. The van der Waals surface area contributed by atoms with E-state index in [2.05, 4.69) is 26.1 Å². The summed E-state index contributed by atoms with van der Waals surface area (Å²) in [6.07, 6.45) is 10.5. The number of nitrogens with one attached hydrogen (secondary N) is 1. The average Bonchev–Trinajstić information content (AvgIpc) is 3.37. The minimum Gasteiger partial charge on any atom is -0.393 e. The molecule has 0 spiro atoms. The molecule has 0 heterocycles. The highest BCUT2D eigenvalue weighted by Crippen LogP contribution is 2.68. The molecule has 4 aliphatic carbocycles. The first-order chi connectivity index (χ1) is 21.8. The fraction of sp³-hybridized carbons (Fsp3) is 0.892. The van der Waals surface area contributed by atoms with Gasteiger partial charge in [-0.15, -0.1) is 0 Å². The Morgan fingerprint density at radius 2 is 1.39 bits per heavy atom. The Hall–Kier alpha value is -1.68. The van der Waals surface area contributed by atoms with Crippen LogP contribution in [-0.2, 0) is 19.2 Å². The predicted octanol–water partition coefficient (Wildman–Crippen LogP) is 4.58. The second kappa shape index (κ2) is 16.1. The molecular formula is C37H63N3O6. The SMILES string of the molecule is C[C@H](CCC(=O)NC(N)CCC(=O)CCC(=O)CCC(=O)CCCN)[C@H]1CCC2C3C(CC[C@@]21C)[C@@]1(C)CC[C@@H](O)CC1C[C@H]3O. The highest BCUT2D eigenvalue weighted by molar-refractivity contribution is 5.89. The third-order valence-electron chi connectivity index (χ3n) is 13.3. The fourth-order valence-corrected chi connectivity index (χ4v) is 10.6. The number of fused-ring (bicyclic) bond motifs is 5. The van der Waals surface area contributed by atoms with Gasteiger partial charge in [-0.2, -0.15) is 0 Å². The van der Waals surface area contributed by atoms with Gasteiger partial charge in [-0.1, -0.05) is 20.8 Å². The Kier molecular flexibility index (Phi) is 13.0. The molecule has 0 saturated heterocycles. The van der Waals surface area contributed by atoms with Crippen molar-refractivity contribution in [2.75, 3.05) is 6.54 Å². The summed E-state index contributed by atoms with van der Waals surface area (Å²) in [5.74, 6) is 2.50. The molecule has 1 amide bonds. The van der Waals surface area contributed by atoms with Gasteiger partial charge in [0.15, 0.2) is 0 Å². The zero-order valence-corrected chi connectivity index (χ0v) is 28.8. The van der Waals surface area contributed by atoms with E-state index in [1.165, 1.54) is 6.42 Å². The molecule has 0 aromatic carbocycles. The maximum Gasteiger partial charge on any atom is 0.221 e. The number of aliphatic hydroxyl groups is 2. The minimum atomic E-state index is -0.606. The lowest BCUT2D eigenvalue weighted by Gasteiger charge is -2.62. The van der Waals surface area contributed by atoms with Crippen LogP contribution in [0, 0.1) is 46.3 Å². The van der Waals surface area contributed by atoms with Gasteiger partial charge in [0.05, 0.1) is 18.4 Å². The number of hydrogen-bond donors (Lipinski definition) is 5. The highest BCUT2D eigenvalue weighted by atomic mass is 16.3. The van der Waals surface area contributed by atoms with E-state index in [9.17, 15) is 29.4 Å². The van der Waals surface area contributed by atoms with Gasteiger partial charge in [0.2, 0.25) is 5.91 Å². The third kappa shape index (κ3) is 8.66. The van der Waals surface area contributed by atoms with Crippen LogP contribution in [0.2, 0.25) is 0 Å². The van der Waals surface area contributed by atoms with Crippen molar-refractivity contribution in [2.45, 2.75) is 155 Å². The Bertz CT molecular complexity index is 1080. The van der Waals surface area contributed by atoms with Gasteiger partial charge in [0.1, 0.15) is 17.3 Å². The van der Waals surface area contributed by atoms with Gasteiger partial charge < -0.3 is 27.0 Å². The highest BCUT2D eigenvalue weighted by Gasteiger charge is 2.62. The molecule has 5 unspecified atom stereocenters. The summed E-state index contributed by atoms with van der Waals surface area (Å²) < 4.78 is 0. The van der Waals surface area contributed by atoms with Gasteiger partial charge in [0, 0.05) is 44.9 Å². The van der Waals surface area contributed by atoms with E-state index >= 15 is 0 Å². The van der Waals surface area contributed by atoms with Crippen molar-refractivity contribution in [3.05, 3.63) is 0 Å². The second-order valence-electron chi connectivity index (χ2n) is 16.2. The molecule has 0 aromatic heterocycles. The molecule has 262 valence electrons. The number of nitrogens with two attached hydrogens (primary N) is 2. The molecule has 4 fully saturated rings. The first-order valence-corrected chi connectivity index (χ1v) is 18.4. The van der Waals surface area contributed by atoms with Crippen LogP contribution in [0.3, 0.4) is 0 Å². The summed E-state index contributed by atoms with van der Waals surface area (Å²) in [6, 6.07) is 0. The summed E-state index contributed by atoms with van der Waals surface area (Å²) in [6.45, 7) is 7.64. The zero-order valence-electron chi connectivity index (χ0n) is 28.8. The molecule has 11 atom stereocenters.